The van der Waals surface area contributed by atoms with Crippen molar-refractivity contribution >= 4 is 27.3 Å². The molecular formula is C13H22N2O4S2. The Morgan fingerprint density at radius 1 is 1.48 bits per heavy atom. The molecule has 21 heavy (non-hydrogen) atoms. The monoisotopic (exact) mass is 334 g/mol. The van der Waals surface area contributed by atoms with E-state index in [1.54, 1.807) is 24.3 Å². The second kappa shape index (κ2) is 7.35. The van der Waals surface area contributed by atoms with Crippen LogP contribution in [0, 0.1) is 12.8 Å². The topological polar surface area (TPSA) is 89.7 Å². The van der Waals surface area contributed by atoms with Gasteiger partial charge in [-0.15, -0.1) is 11.3 Å². The Balaban J connectivity index is 3.06. The highest BCUT2D eigenvalue weighted by Gasteiger charge is 2.24. The fourth-order valence-corrected chi connectivity index (χ4v) is 3.99. The van der Waals surface area contributed by atoms with Crippen molar-refractivity contribution in [2.24, 2.45) is 11.1 Å². The van der Waals surface area contributed by atoms with Crippen LogP contribution in [0.5, 0.6) is 0 Å². The van der Waals surface area contributed by atoms with E-state index in [-0.39, 0.29) is 10.1 Å². The zero-order valence-electron chi connectivity index (χ0n) is 12.8. The van der Waals surface area contributed by atoms with Crippen LogP contribution < -0.4 is 5.14 Å². The lowest BCUT2D eigenvalue weighted by Crippen LogP contribution is -2.36. The molecule has 1 amide bonds. The van der Waals surface area contributed by atoms with Gasteiger partial charge in [-0.1, -0.05) is 13.8 Å². The molecule has 2 N–H and O–H groups in total. The third kappa shape index (κ3) is 4.77. The Morgan fingerprint density at radius 3 is 2.52 bits per heavy atom. The van der Waals surface area contributed by atoms with Gasteiger partial charge in [0.25, 0.3) is 5.91 Å². The minimum atomic E-state index is -3.79. The molecule has 120 valence electrons. The zero-order chi connectivity index (χ0) is 16.2. The SMILES string of the molecule is COCCN(CC(C)C)C(=O)c1csc(S(N)(=O)=O)c1C. The molecule has 1 aromatic rings. The first-order chi connectivity index (χ1) is 9.68. The molecule has 0 atom stereocenters. The number of carbonyl (C=O) groups is 1. The van der Waals surface area contributed by atoms with Crippen molar-refractivity contribution in [2.75, 3.05) is 26.8 Å². The first-order valence-corrected chi connectivity index (χ1v) is 9.00. The molecule has 0 aromatic carbocycles. The Kier molecular flexibility index (Phi) is 6.33. The van der Waals surface area contributed by atoms with E-state index in [0.29, 0.717) is 36.7 Å². The van der Waals surface area contributed by atoms with Crippen molar-refractivity contribution in [2.45, 2.75) is 25.0 Å². The molecule has 0 aliphatic carbocycles. The number of methoxy groups -OCH3 is 1. The van der Waals surface area contributed by atoms with E-state index in [0.717, 1.165) is 11.3 Å². The van der Waals surface area contributed by atoms with Gasteiger partial charge in [0, 0.05) is 25.6 Å². The average molecular weight is 334 g/mol. The summed E-state index contributed by atoms with van der Waals surface area (Å²) >= 11 is 0.980. The fraction of sp³-hybridized carbons (Fsp3) is 0.615. The molecule has 0 saturated heterocycles. The molecule has 1 rings (SSSR count). The second-order valence-corrected chi connectivity index (χ2v) is 7.88. The number of ether oxygens (including phenoxy) is 1. The van der Waals surface area contributed by atoms with E-state index >= 15 is 0 Å². The summed E-state index contributed by atoms with van der Waals surface area (Å²) in [6.07, 6.45) is 0. The summed E-state index contributed by atoms with van der Waals surface area (Å²) in [6, 6.07) is 0. The Labute approximate surface area is 129 Å². The highest BCUT2D eigenvalue weighted by Crippen LogP contribution is 2.26. The van der Waals surface area contributed by atoms with Crippen LogP contribution in [0.25, 0.3) is 0 Å². The Hall–Kier alpha value is -0.960. The number of nitrogens with two attached hydrogens (primary N) is 1. The van der Waals surface area contributed by atoms with Crippen LogP contribution in [0.2, 0.25) is 0 Å². The molecule has 0 unspecified atom stereocenters. The second-order valence-electron chi connectivity index (χ2n) is 5.24. The van der Waals surface area contributed by atoms with Gasteiger partial charge in [0.15, 0.2) is 0 Å². The maximum atomic E-state index is 12.6. The molecule has 6 nitrogen and oxygen atoms in total. The van der Waals surface area contributed by atoms with Crippen molar-refractivity contribution in [3.05, 3.63) is 16.5 Å². The van der Waals surface area contributed by atoms with Gasteiger partial charge in [-0.2, -0.15) is 0 Å². The van der Waals surface area contributed by atoms with Crippen LogP contribution in [0.15, 0.2) is 9.59 Å². The highest BCUT2D eigenvalue weighted by molar-refractivity contribution is 7.91. The lowest BCUT2D eigenvalue weighted by molar-refractivity contribution is 0.0672. The summed E-state index contributed by atoms with van der Waals surface area (Å²) < 4.78 is 28.0. The van der Waals surface area contributed by atoms with Gasteiger partial charge in [-0.05, 0) is 18.4 Å². The maximum Gasteiger partial charge on any atom is 0.255 e. The standard InChI is InChI=1S/C13H22N2O4S2/c1-9(2)7-15(5-6-19-4)12(16)11-8-20-13(10(11)3)21(14,17)18/h8-9H,5-7H2,1-4H3,(H2,14,17,18). The number of hydrogen-bond acceptors (Lipinski definition) is 5. The van der Waals surface area contributed by atoms with Crippen LogP contribution in [-0.4, -0.2) is 46.0 Å². The lowest BCUT2D eigenvalue weighted by atomic mass is 10.1. The highest BCUT2D eigenvalue weighted by atomic mass is 32.2. The van der Waals surface area contributed by atoms with Gasteiger partial charge in [0.05, 0.1) is 12.2 Å². The summed E-state index contributed by atoms with van der Waals surface area (Å²) in [6.45, 7) is 7.12. The van der Waals surface area contributed by atoms with Gasteiger partial charge in [-0.25, -0.2) is 13.6 Å². The average Bonchev–Trinajstić information content (AvgIpc) is 2.74. The smallest absolute Gasteiger partial charge is 0.255 e. The van der Waals surface area contributed by atoms with Gasteiger partial charge in [0.1, 0.15) is 4.21 Å². The van der Waals surface area contributed by atoms with Crippen molar-refractivity contribution in [1.82, 2.24) is 4.90 Å². The van der Waals surface area contributed by atoms with E-state index in [2.05, 4.69) is 0 Å². The number of sulfonamides is 1. The van der Waals surface area contributed by atoms with Crippen LogP contribution in [0.4, 0.5) is 0 Å². The van der Waals surface area contributed by atoms with Crippen molar-refractivity contribution in [3.8, 4) is 0 Å². The zero-order valence-corrected chi connectivity index (χ0v) is 14.4. The number of hydrogen-bond donors (Lipinski definition) is 1. The van der Waals surface area contributed by atoms with Crippen molar-refractivity contribution in [1.29, 1.82) is 0 Å². The van der Waals surface area contributed by atoms with E-state index in [9.17, 15) is 13.2 Å². The maximum absolute atomic E-state index is 12.6. The van der Waals surface area contributed by atoms with E-state index in [1.807, 2.05) is 13.8 Å². The first kappa shape index (κ1) is 18.1. The molecule has 0 fully saturated rings. The molecule has 1 heterocycles. The summed E-state index contributed by atoms with van der Waals surface area (Å²) in [7, 11) is -2.21. The largest absolute Gasteiger partial charge is 0.383 e. The van der Waals surface area contributed by atoms with E-state index < -0.39 is 10.0 Å². The normalized spacial score (nSPS) is 11.9. The van der Waals surface area contributed by atoms with E-state index in [4.69, 9.17) is 9.88 Å². The predicted octanol–water partition coefficient (Wildman–Crippen LogP) is 1.45. The molecular weight excluding hydrogens is 312 g/mol. The van der Waals surface area contributed by atoms with Crippen LogP contribution >= 0.6 is 11.3 Å². The number of rotatable bonds is 7. The Bertz CT molecular complexity index is 593. The van der Waals surface area contributed by atoms with Crippen molar-refractivity contribution < 1.29 is 17.9 Å². The lowest BCUT2D eigenvalue weighted by Gasteiger charge is -2.24. The summed E-state index contributed by atoms with van der Waals surface area (Å²) in [5, 5.41) is 6.70. The first-order valence-electron chi connectivity index (χ1n) is 6.57. The van der Waals surface area contributed by atoms with Gasteiger partial charge < -0.3 is 9.64 Å². The number of thiophene rings is 1. The molecule has 1 aromatic heterocycles. The Morgan fingerprint density at radius 2 is 2.10 bits per heavy atom. The van der Waals surface area contributed by atoms with Crippen LogP contribution in [0.1, 0.15) is 29.8 Å². The molecule has 0 aliphatic heterocycles. The number of nitrogens with zero attached hydrogens (tertiary/aromatic N) is 1. The van der Waals surface area contributed by atoms with Gasteiger partial charge in [-0.3, -0.25) is 4.79 Å². The minimum absolute atomic E-state index is 0.0436. The van der Waals surface area contributed by atoms with Gasteiger partial charge >= 0.3 is 0 Å². The van der Waals surface area contributed by atoms with E-state index in [1.165, 1.54) is 0 Å². The molecule has 0 spiro atoms. The number of amides is 1. The summed E-state index contributed by atoms with van der Waals surface area (Å²) in [5.41, 5.74) is 0.805. The number of carbonyl (C=O) groups excluding carboxylic acids is 1. The van der Waals surface area contributed by atoms with Crippen molar-refractivity contribution in [3.63, 3.8) is 0 Å². The predicted molar refractivity (Wildman–Crippen MR) is 83.0 cm³/mol. The minimum Gasteiger partial charge on any atom is -0.383 e. The summed E-state index contributed by atoms with van der Waals surface area (Å²) in [5.74, 6) is 0.117. The number of primary sulfonamides is 1. The molecule has 0 bridgehead atoms. The van der Waals surface area contributed by atoms with Crippen LogP contribution in [0.3, 0.4) is 0 Å². The molecule has 0 aliphatic rings. The third-order valence-corrected chi connectivity index (χ3v) is 5.60. The summed E-state index contributed by atoms with van der Waals surface area (Å²) in [4.78, 5) is 14.3. The van der Waals surface area contributed by atoms with Crippen LogP contribution in [-0.2, 0) is 14.8 Å². The third-order valence-electron chi connectivity index (χ3n) is 2.92. The quantitative estimate of drug-likeness (QED) is 0.817. The molecule has 0 radical (unpaired) electrons. The molecule has 8 heteroatoms. The fourth-order valence-electron chi connectivity index (χ4n) is 1.98. The van der Waals surface area contributed by atoms with Gasteiger partial charge in [0.2, 0.25) is 10.0 Å². The molecule has 0 saturated carbocycles.